The molecule has 1 fully saturated rings. The van der Waals surface area contributed by atoms with Gasteiger partial charge in [0.25, 0.3) is 0 Å². The van der Waals surface area contributed by atoms with Crippen LogP contribution in [0, 0.1) is 5.82 Å². The van der Waals surface area contributed by atoms with Crippen LogP contribution in [0.1, 0.15) is 37.3 Å². The Morgan fingerprint density at radius 2 is 2.08 bits per heavy atom. The molecule has 1 aromatic heterocycles. The fourth-order valence-corrected chi connectivity index (χ4v) is 2.24. The normalized spacial score (nSPS) is 18.0. The van der Waals surface area contributed by atoms with Gasteiger partial charge in [-0.2, -0.15) is 0 Å². The molecule has 1 heterocycles. The molecule has 1 aliphatic carbocycles. The van der Waals surface area contributed by atoms with Gasteiger partial charge in [-0.05, 0) is 34.8 Å². The first-order valence-corrected chi connectivity index (χ1v) is 5.38. The Balaban J connectivity index is 2.33. The molecule has 1 saturated carbocycles. The van der Waals surface area contributed by atoms with E-state index < -0.39 is 0 Å². The summed E-state index contributed by atoms with van der Waals surface area (Å²) in [4.78, 5) is 4.12. The second-order valence-electron chi connectivity index (χ2n) is 3.47. The summed E-state index contributed by atoms with van der Waals surface area (Å²) in [6.45, 7) is 0. The van der Waals surface area contributed by atoms with E-state index in [9.17, 15) is 4.39 Å². The first-order chi connectivity index (χ1) is 6.29. The summed E-state index contributed by atoms with van der Waals surface area (Å²) in [6, 6.07) is 1.65. The summed E-state index contributed by atoms with van der Waals surface area (Å²) in [5.41, 5.74) is 0.645. The molecule has 0 atom stereocenters. The molecule has 0 amide bonds. The van der Waals surface area contributed by atoms with Crippen molar-refractivity contribution in [3.05, 3.63) is 28.2 Å². The monoisotopic (exact) mass is 243 g/mol. The minimum Gasteiger partial charge on any atom is -0.258 e. The van der Waals surface area contributed by atoms with E-state index >= 15 is 0 Å². The van der Waals surface area contributed by atoms with E-state index in [1.165, 1.54) is 12.8 Å². The third-order valence-corrected chi connectivity index (χ3v) is 3.22. The zero-order valence-corrected chi connectivity index (χ0v) is 8.85. The molecule has 0 unspecified atom stereocenters. The quantitative estimate of drug-likeness (QED) is 0.734. The largest absolute Gasteiger partial charge is 0.258 e. The van der Waals surface area contributed by atoms with Gasteiger partial charge in [0.15, 0.2) is 5.82 Å². The fourth-order valence-electron chi connectivity index (χ4n) is 1.92. The van der Waals surface area contributed by atoms with Gasteiger partial charge in [-0.3, -0.25) is 4.98 Å². The van der Waals surface area contributed by atoms with Crippen LogP contribution in [0.15, 0.2) is 16.7 Å². The zero-order chi connectivity index (χ0) is 9.26. The van der Waals surface area contributed by atoms with Gasteiger partial charge in [-0.1, -0.05) is 12.8 Å². The smallest absolute Gasteiger partial charge is 0.159 e. The summed E-state index contributed by atoms with van der Waals surface area (Å²) in [7, 11) is 0. The maximum absolute atomic E-state index is 13.5. The van der Waals surface area contributed by atoms with Crippen molar-refractivity contribution in [1.82, 2.24) is 4.98 Å². The number of rotatable bonds is 1. The standard InChI is InChI=1S/C10H11BrFN/c11-8-5-6-13-10(9(8)12)7-3-1-2-4-7/h5-7H,1-4H2. The lowest BCUT2D eigenvalue weighted by atomic mass is 10.0. The van der Waals surface area contributed by atoms with Crippen molar-refractivity contribution in [3.63, 3.8) is 0 Å². The summed E-state index contributed by atoms with van der Waals surface area (Å²) >= 11 is 3.18. The van der Waals surface area contributed by atoms with Crippen molar-refractivity contribution in [2.75, 3.05) is 0 Å². The number of pyridine rings is 1. The van der Waals surface area contributed by atoms with E-state index in [0.717, 1.165) is 12.8 Å². The van der Waals surface area contributed by atoms with Crippen LogP contribution in [-0.2, 0) is 0 Å². The van der Waals surface area contributed by atoms with E-state index in [1.807, 2.05) is 0 Å². The predicted octanol–water partition coefficient (Wildman–Crippen LogP) is 3.64. The van der Waals surface area contributed by atoms with Crippen LogP contribution in [-0.4, -0.2) is 4.98 Å². The first-order valence-electron chi connectivity index (χ1n) is 4.59. The average Bonchev–Trinajstić information content (AvgIpc) is 2.62. The second kappa shape index (κ2) is 3.74. The Kier molecular flexibility index (Phi) is 2.63. The van der Waals surface area contributed by atoms with Gasteiger partial charge in [0.05, 0.1) is 10.2 Å². The minimum atomic E-state index is -0.172. The van der Waals surface area contributed by atoms with Gasteiger partial charge >= 0.3 is 0 Å². The third kappa shape index (κ3) is 1.75. The van der Waals surface area contributed by atoms with E-state index in [0.29, 0.717) is 16.1 Å². The van der Waals surface area contributed by atoms with Crippen LogP contribution in [0.3, 0.4) is 0 Å². The Morgan fingerprint density at radius 3 is 2.77 bits per heavy atom. The minimum absolute atomic E-state index is 0.172. The SMILES string of the molecule is Fc1c(Br)ccnc1C1CCCC1. The van der Waals surface area contributed by atoms with Crippen LogP contribution in [0.2, 0.25) is 0 Å². The van der Waals surface area contributed by atoms with Crippen LogP contribution < -0.4 is 0 Å². The highest BCUT2D eigenvalue weighted by Crippen LogP contribution is 2.35. The lowest BCUT2D eigenvalue weighted by Gasteiger charge is -2.09. The van der Waals surface area contributed by atoms with Gasteiger partial charge in [0, 0.05) is 12.1 Å². The zero-order valence-electron chi connectivity index (χ0n) is 7.26. The molecule has 0 aliphatic heterocycles. The number of hydrogen-bond acceptors (Lipinski definition) is 1. The van der Waals surface area contributed by atoms with Crippen molar-refractivity contribution < 1.29 is 4.39 Å². The van der Waals surface area contributed by atoms with Gasteiger partial charge in [0.2, 0.25) is 0 Å². The summed E-state index contributed by atoms with van der Waals surface area (Å²) in [6.07, 6.45) is 6.25. The Labute approximate surface area is 85.5 Å². The first kappa shape index (κ1) is 9.13. The van der Waals surface area contributed by atoms with Crippen LogP contribution in [0.5, 0.6) is 0 Å². The Bertz CT molecular complexity index is 308. The van der Waals surface area contributed by atoms with Gasteiger partial charge in [-0.15, -0.1) is 0 Å². The number of nitrogens with zero attached hydrogens (tertiary/aromatic N) is 1. The molecule has 0 aromatic carbocycles. The molecule has 1 aliphatic rings. The van der Waals surface area contributed by atoms with Gasteiger partial charge < -0.3 is 0 Å². The average molecular weight is 244 g/mol. The summed E-state index contributed by atoms with van der Waals surface area (Å²) in [5.74, 6) is 0.173. The maximum atomic E-state index is 13.5. The molecule has 0 spiro atoms. The molecule has 0 N–H and O–H groups in total. The fraction of sp³-hybridized carbons (Fsp3) is 0.500. The lowest BCUT2D eigenvalue weighted by Crippen LogP contribution is -2.00. The molecule has 1 aromatic rings. The number of hydrogen-bond donors (Lipinski definition) is 0. The number of halogens is 2. The molecule has 3 heteroatoms. The third-order valence-electron chi connectivity index (χ3n) is 2.61. The molecule has 13 heavy (non-hydrogen) atoms. The summed E-state index contributed by atoms with van der Waals surface area (Å²) in [5, 5.41) is 0. The van der Waals surface area contributed by atoms with Crippen molar-refractivity contribution in [2.45, 2.75) is 31.6 Å². The van der Waals surface area contributed by atoms with Gasteiger partial charge in [0.1, 0.15) is 0 Å². The molecule has 0 bridgehead atoms. The highest BCUT2D eigenvalue weighted by molar-refractivity contribution is 9.10. The topological polar surface area (TPSA) is 12.9 Å². The molecule has 0 saturated heterocycles. The second-order valence-corrected chi connectivity index (χ2v) is 4.33. The van der Waals surface area contributed by atoms with Crippen molar-refractivity contribution in [1.29, 1.82) is 0 Å². The lowest BCUT2D eigenvalue weighted by molar-refractivity contribution is 0.558. The molecular weight excluding hydrogens is 233 g/mol. The van der Waals surface area contributed by atoms with Crippen LogP contribution in [0.25, 0.3) is 0 Å². The van der Waals surface area contributed by atoms with Crippen molar-refractivity contribution in [2.24, 2.45) is 0 Å². The van der Waals surface area contributed by atoms with E-state index in [1.54, 1.807) is 12.3 Å². The predicted molar refractivity (Wildman–Crippen MR) is 53.1 cm³/mol. The maximum Gasteiger partial charge on any atom is 0.159 e. The van der Waals surface area contributed by atoms with Crippen LogP contribution in [0.4, 0.5) is 4.39 Å². The van der Waals surface area contributed by atoms with Crippen LogP contribution >= 0.6 is 15.9 Å². The van der Waals surface area contributed by atoms with Crippen molar-refractivity contribution in [3.8, 4) is 0 Å². The molecular formula is C10H11BrFN. The van der Waals surface area contributed by atoms with E-state index in [2.05, 4.69) is 20.9 Å². The highest BCUT2D eigenvalue weighted by Gasteiger charge is 2.22. The molecule has 0 radical (unpaired) electrons. The molecule has 1 nitrogen and oxygen atoms in total. The highest BCUT2D eigenvalue weighted by atomic mass is 79.9. The summed E-state index contributed by atoms with van der Waals surface area (Å²) < 4.78 is 14.1. The van der Waals surface area contributed by atoms with Crippen molar-refractivity contribution >= 4 is 15.9 Å². The van der Waals surface area contributed by atoms with E-state index in [-0.39, 0.29) is 5.82 Å². The Hall–Kier alpha value is -0.440. The van der Waals surface area contributed by atoms with E-state index in [4.69, 9.17) is 0 Å². The number of aromatic nitrogens is 1. The molecule has 70 valence electrons. The molecule has 2 rings (SSSR count). The Morgan fingerprint density at radius 1 is 1.38 bits per heavy atom. The van der Waals surface area contributed by atoms with Gasteiger partial charge in [-0.25, -0.2) is 4.39 Å².